The van der Waals surface area contributed by atoms with Crippen molar-refractivity contribution in [2.45, 2.75) is 39.5 Å². The molecule has 1 nitrogen and oxygen atoms in total. The van der Waals surface area contributed by atoms with Gasteiger partial charge in [-0.05, 0) is 64.2 Å². The first-order valence-electron chi connectivity index (χ1n) is 6.58. The van der Waals surface area contributed by atoms with Crippen LogP contribution in [0.2, 0.25) is 0 Å². The number of halogens is 2. The highest BCUT2D eigenvalue weighted by Crippen LogP contribution is 2.46. The van der Waals surface area contributed by atoms with Crippen molar-refractivity contribution in [1.29, 1.82) is 0 Å². The number of benzene rings is 1. The molecule has 96 valence electrons. The molecule has 2 aliphatic rings. The highest BCUT2D eigenvalue weighted by Gasteiger charge is 2.38. The molecule has 3 heteroatoms. The van der Waals surface area contributed by atoms with Crippen molar-refractivity contribution in [1.82, 2.24) is 0 Å². The van der Waals surface area contributed by atoms with Crippen molar-refractivity contribution in [3.63, 3.8) is 0 Å². The number of rotatable bonds is 1. The van der Waals surface area contributed by atoms with Crippen LogP contribution < -0.4 is 0 Å². The zero-order valence-corrected chi connectivity index (χ0v) is 13.8. The Kier molecular flexibility index (Phi) is 3.18. The van der Waals surface area contributed by atoms with Crippen LogP contribution in [-0.4, -0.2) is 5.78 Å². The van der Waals surface area contributed by atoms with Gasteiger partial charge in [-0.25, -0.2) is 0 Å². The van der Waals surface area contributed by atoms with Gasteiger partial charge in [0.15, 0.2) is 5.78 Å². The van der Waals surface area contributed by atoms with Gasteiger partial charge in [0.05, 0.1) is 0 Å². The predicted octanol–water partition coefficient (Wildman–Crippen LogP) is 4.71. The molecule has 0 fully saturated rings. The molecule has 18 heavy (non-hydrogen) atoms. The number of Topliss-reactive ketones (excluding diaryl/α,β-unsaturated/α-hetero) is 1. The first kappa shape index (κ1) is 12.9. The Morgan fingerprint density at radius 2 is 1.67 bits per heavy atom. The van der Waals surface area contributed by atoms with Gasteiger partial charge in [-0.2, -0.15) is 0 Å². The summed E-state index contributed by atoms with van der Waals surface area (Å²) in [6, 6.07) is 0. The first-order valence-corrected chi connectivity index (χ1v) is 8.16. The molecule has 3 rings (SSSR count). The lowest BCUT2D eigenvalue weighted by atomic mass is 9.92. The van der Waals surface area contributed by atoms with Gasteiger partial charge in [-0.1, -0.05) is 29.8 Å². The number of fused-ring (bicyclic) bond motifs is 2. The number of ketones is 1. The standard InChI is InChI=1S/C15H16Br2O/c1-7(2)10-6-11-12(15(10)18)14(17)9-5-3-4-8(9)13(11)16/h7,10H,3-6H2,1-2H3. The molecule has 0 saturated carbocycles. The van der Waals surface area contributed by atoms with E-state index in [1.807, 2.05) is 0 Å². The van der Waals surface area contributed by atoms with Crippen LogP contribution in [0.15, 0.2) is 8.95 Å². The average Bonchev–Trinajstić information content (AvgIpc) is 2.90. The largest absolute Gasteiger partial charge is 0.294 e. The predicted molar refractivity (Wildman–Crippen MR) is 80.2 cm³/mol. The lowest BCUT2D eigenvalue weighted by Gasteiger charge is -2.11. The molecule has 1 unspecified atom stereocenters. The quantitative estimate of drug-likeness (QED) is 0.698. The maximum atomic E-state index is 12.6. The third-order valence-corrected chi connectivity index (χ3v) is 6.18. The smallest absolute Gasteiger partial charge is 0.167 e. The monoisotopic (exact) mass is 370 g/mol. The maximum Gasteiger partial charge on any atom is 0.167 e. The third kappa shape index (κ3) is 1.66. The number of hydrogen-bond acceptors (Lipinski definition) is 1. The van der Waals surface area contributed by atoms with Crippen LogP contribution in [0.25, 0.3) is 0 Å². The fourth-order valence-electron chi connectivity index (χ4n) is 3.29. The molecule has 0 amide bonds. The Balaban J connectivity index is 2.21. The molecule has 0 saturated heterocycles. The molecule has 0 aliphatic heterocycles. The molecule has 0 radical (unpaired) electrons. The van der Waals surface area contributed by atoms with E-state index in [0.29, 0.717) is 11.7 Å². The van der Waals surface area contributed by atoms with Gasteiger partial charge in [0, 0.05) is 20.4 Å². The zero-order chi connectivity index (χ0) is 13.0. The Hall–Kier alpha value is -0.150. The molecule has 0 bridgehead atoms. The van der Waals surface area contributed by atoms with Gasteiger partial charge in [-0.3, -0.25) is 4.79 Å². The second kappa shape index (κ2) is 4.45. The Morgan fingerprint density at radius 1 is 1.06 bits per heavy atom. The SMILES string of the molecule is CC(C)C1Cc2c(Br)c3c(c(Br)c2C1=O)CCC3. The highest BCUT2D eigenvalue weighted by molar-refractivity contribution is 9.11. The summed E-state index contributed by atoms with van der Waals surface area (Å²) in [6.07, 6.45) is 4.35. The third-order valence-electron chi connectivity index (χ3n) is 4.35. The van der Waals surface area contributed by atoms with E-state index in [4.69, 9.17) is 0 Å². The van der Waals surface area contributed by atoms with E-state index in [1.54, 1.807) is 0 Å². The second-order valence-electron chi connectivity index (χ2n) is 5.71. The lowest BCUT2D eigenvalue weighted by molar-refractivity contribution is 0.0905. The Labute approximate surface area is 125 Å². The number of carbonyl (C=O) groups is 1. The summed E-state index contributed by atoms with van der Waals surface area (Å²) in [5.74, 6) is 0.913. The van der Waals surface area contributed by atoms with Gasteiger partial charge >= 0.3 is 0 Å². The van der Waals surface area contributed by atoms with Gasteiger partial charge in [0.2, 0.25) is 0 Å². The molecule has 0 spiro atoms. The molecule has 1 aromatic carbocycles. The fourth-order valence-corrected chi connectivity index (χ4v) is 4.96. The Bertz CT molecular complexity index is 546. The summed E-state index contributed by atoms with van der Waals surface area (Å²) in [7, 11) is 0. The van der Waals surface area contributed by atoms with E-state index >= 15 is 0 Å². The van der Waals surface area contributed by atoms with Crippen molar-refractivity contribution in [3.8, 4) is 0 Å². The van der Waals surface area contributed by atoms with Crippen molar-refractivity contribution < 1.29 is 4.79 Å². The molecule has 0 N–H and O–H groups in total. The van der Waals surface area contributed by atoms with Gasteiger partial charge in [-0.15, -0.1) is 0 Å². The van der Waals surface area contributed by atoms with Crippen LogP contribution in [0, 0.1) is 11.8 Å². The van der Waals surface area contributed by atoms with Crippen LogP contribution in [0.1, 0.15) is 47.3 Å². The number of hydrogen-bond donors (Lipinski definition) is 0. The molecule has 0 aromatic heterocycles. The molecule has 0 heterocycles. The summed E-state index contributed by atoms with van der Waals surface area (Å²) >= 11 is 7.44. The van der Waals surface area contributed by atoms with Crippen molar-refractivity contribution in [3.05, 3.63) is 31.2 Å². The first-order chi connectivity index (χ1) is 8.52. The van der Waals surface area contributed by atoms with Crippen molar-refractivity contribution in [2.24, 2.45) is 11.8 Å². The zero-order valence-electron chi connectivity index (χ0n) is 10.6. The molecule has 1 aromatic rings. The summed E-state index contributed by atoms with van der Waals surface area (Å²) in [4.78, 5) is 12.6. The van der Waals surface area contributed by atoms with E-state index in [2.05, 4.69) is 45.7 Å². The minimum Gasteiger partial charge on any atom is -0.294 e. The maximum absolute atomic E-state index is 12.6. The van der Waals surface area contributed by atoms with Gasteiger partial charge < -0.3 is 0 Å². The van der Waals surface area contributed by atoms with Crippen molar-refractivity contribution in [2.75, 3.05) is 0 Å². The van der Waals surface area contributed by atoms with Crippen molar-refractivity contribution >= 4 is 37.6 Å². The average molecular weight is 372 g/mol. The molecular formula is C15H16Br2O. The van der Waals surface area contributed by atoms with E-state index < -0.39 is 0 Å². The van der Waals surface area contributed by atoms with Crippen LogP contribution in [0.5, 0.6) is 0 Å². The minimum absolute atomic E-state index is 0.162. The van der Waals surface area contributed by atoms with E-state index in [-0.39, 0.29) is 5.92 Å². The van der Waals surface area contributed by atoms with Crippen LogP contribution in [0.4, 0.5) is 0 Å². The molecule has 2 aliphatic carbocycles. The summed E-state index contributed by atoms with van der Waals surface area (Å²) in [5.41, 5.74) is 4.99. The normalized spacial score (nSPS) is 21.6. The van der Waals surface area contributed by atoms with E-state index in [1.165, 1.54) is 27.6 Å². The topological polar surface area (TPSA) is 17.1 Å². The lowest BCUT2D eigenvalue weighted by Crippen LogP contribution is -2.15. The summed E-state index contributed by atoms with van der Waals surface area (Å²) < 4.78 is 2.30. The van der Waals surface area contributed by atoms with Crippen LogP contribution >= 0.6 is 31.9 Å². The van der Waals surface area contributed by atoms with Gasteiger partial charge in [0.25, 0.3) is 0 Å². The van der Waals surface area contributed by atoms with E-state index in [0.717, 1.165) is 29.3 Å². The number of carbonyl (C=O) groups excluding carboxylic acids is 1. The highest BCUT2D eigenvalue weighted by atomic mass is 79.9. The summed E-state index contributed by atoms with van der Waals surface area (Å²) in [5, 5.41) is 0. The summed E-state index contributed by atoms with van der Waals surface area (Å²) in [6.45, 7) is 4.29. The van der Waals surface area contributed by atoms with Gasteiger partial charge in [0.1, 0.15) is 0 Å². The van der Waals surface area contributed by atoms with Crippen LogP contribution in [-0.2, 0) is 19.3 Å². The van der Waals surface area contributed by atoms with Crippen LogP contribution in [0.3, 0.4) is 0 Å². The molecular weight excluding hydrogens is 356 g/mol. The fraction of sp³-hybridized carbons (Fsp3) is 0.533. The van der Waals surface area contributed by atoms with E-state index in [9.17, 15) is 4.79 Å². The molecule has 1 atom stereocenters. The Morgan fingerprint density at radius 3 is 2.28 bits per heavy atom. The second-order valence-corrected chi connectivity index (χ2v) is 7.30. The minimum atomic E-state index is 0.162.